The minimum absolute atomic E-state index is 0.222. The number of benzene rings is 1. The van der Waals surface area contributed by atoms with Crippen molar-refractivity contribution >= 4 is 45.2 Å². The van der Waals surface area contributed by atoms with Gasteiger partial charge < -0.3 is 5.32 Å². The van der Waals surface area contributed by atoms with Crippen molar-refractivity contribution in [2.24, 2.45) is 0 Å². The predicted molar refractivity (Wildman–Crippen MR) is 94.1 cm³/mol. The molecule has 3 aromatic rings. The fourth-order valence-electron chi connectivity index (χ4n) is 1.95. The molecule has 4 nitrogen and oxygen atoms in total. The van der Waals surface area contributed by atoms with Crippen LogP contribution in [0.15, 0.2) is 41.8 Å². The van der Waals surface area contributed by atoms with Gasteiger partial charge in [-0.3, -0.25) is 4.79 Å². The Balaban J connectivity index is 1.91. The van der Waals surface area contributed by atoms with Crippen molar-refractivity contribution in [2.75, 3.05) is 5.32 Å². The number of carbonyl (C=O) groups excluding carboxylic acids is 1. The SMILES string of the molecule is N#CCc1nc(-c2cccs2)c(NC(=O)c2ccc(Cl)cc2)s1. The van der Waals surface area contributed by atoms with E-state index in [4.69, 9.17) is 16.9 Å². The summed E-state index contributed by atoms with van der Waals surface area (Å²) in [5.74, 6) is -0.230. The zero-order valence-corrected chi connectivity index (χ0v) is 14.1. The lowest BCUT2D eigenvalue weighted by atomic mass is 10.2. The van der Waals surface area contributed by atoms with Crippen molar-refractivity contribution in [3.8, 4) is 16.6 Å². The number of aromatic nitrogens is 1. The van der Waals surface area contributed by atoms with Gasteiger partial charge in [0.15, 0.2) is 0 Å². The van der Waals surface area contributed by atoms with Crippen LogP contribution in [0.5, 0.6) is 0 Å². The molecule has 1 N–H and O–H groups in total. The Kier molecular flexibility index (Phi) is 4.72. The number of rotatable bonds is 4. The Morgan fingerprint density at radius 1 is 1.30 bits per heavy atom. The number of amides is 1. The minimum Gasteiger partial charge on any atom is -0.312 e. The fraction of sp³-hybridized carbons (Fsp3) is 0.0625. The van der Waals surface area contributed by atoms with Crippen molar-refractivity contribution in [3.05, 3.63) is 57.4 Å². The molecule has 23 heavy (non-hydrogen) atoms. The maximum absolute atomic E-state index is 12.4. The molecule has 0 aliphatic heterocycles. The molecule has 2 heterocycles. The van der Waals surface area contributed by atoms with E-state index in [0.717, 1.165) is 4.88 Å². The summed E-state index contributed by atoms with van der Waals surface area (Å²) in [6.07, 6.45) is 0.222. The summed E-state index contributed by atoms with van der Waals surface area (Å²) in [4.78, 5) is 17.8. The second-order valence-electron chi connectivity index (χ2n) is 4.56. The van der Waals surface area contributed by atoms with Gasteiger partial charge >= 0.3 is 0 Å². The number of hydrogen-bond acceptors (Lipinski definition) is 5. The average molecular weight is 360 g/mol. The minimum atomic E-state index is -0.230. The topological polar surface area (TPSA) is 65.8 Å². The van der Waals surface area contributed by atoms with Gasteiger partial charge in [-0.15, -0.1) is 11.3 Å². The van der Waals surface area contributed by atoms with Crippen LogP contribution in [0.3, 0.4) is 0 Å². The number of hydrogen-bond donors (Lipinski definition) is 1. The highest BCUT2D eigenvalue weighted by atomic mass is 35.5. The molecule has 0 atom stereocenters. The maximum atomic E-state index is 12.4. The number of carbonyl (C=O) groups is 1. The summed E-state index contributed by atoms with van der Waals surface area (Å²) >= 11 is 8.70. The summed E-state index contributed by atoms with van der Waals surface area (Å²) in [5.41, 5.74) is 1.22. The van der Waals surface area contributed by atoms with Crippen LogP contribution >= 0.6 is 34.3 Å². The van der Waals surface area contributed by atoms with Crippen molar-refractivity contribution in [1.29, 1.82) is 5.26 Å². The third-order valence-electron chi connectivity index (χ3n) is 2.99. The van der Waals surface area contributed by atoms with Crippen LogP contribution < -0.4 is 5.32 Å². The van der Waals surface area contributed by atoms with E-state index in [1.54, 1.807) is 24.3 Å². The monoisotopic (exact) mass is 359 g/mol. The quantitative estimate of drug-likeness (QED) is 0.724. The highest BCUT2D eigenvalue weighted by Crippen LogP contribution is 2.36. The van der Waals surface area contributed by atoms with E-state index in [0.29, 0.717) is 26.3 Å². The zero-order valence-electron chi connectivity index (χ0n) is 11.7. The van der Waals surface area contributed by atoms with Crippen LogP contribution in [0.2, 0.25) is 5.02 Å². The van der Waals surface area contributed by atoms with Gasteiger partial charge in [0.1, 0.15) is 15.7 Å². The highest BCUT2D eigenvalue weighted by Gasteiger charge is 2.17. The summed E-state index contributed by atoms with van der Waals surface area (Å²) in [7, 11) is 0. The van der Waals surface area contributed by atoms with Crippen molar-refractivity contribution in [3.63, 3.8) is 0 Å². The number of halogens is 1. The van der Waals surface area contributed by atoms with Gasteiger partial charge in [-0.2, -0.15) is 5.26 Å². The molecule has 3 rings (SSSR count). The van der Waals surface area contributed by atoms with Gasteiger partial charge in [0.25, 0.3) is 5.91 Å². The third kappa shape index (κ3) is 3.59. The molecular weight excluding hydrogens is 350 g/mol. The van der Waals surface area contributed by atoms with Crippen molar-refractivity contribution in [2.45, 2.75) is 6.42 Å². The lowest BCUT2D eigenvalue weighted by Crippen LogP contribution is -2.11. The lowest BCUT2D eigenvalue weighted by Gasteiger charge is -2.04. The molecule has 0 fully saturated rings. The maximum Gasteiger partial charge on any atom is 0.256 e. The molecule has 2 aromatic heterocycles. The molecule has 7 heteroatoms. The number of nitrogens with one attached hydrogen (secondary N) is 1. The summed E-state index contributed by atoms with van der Waals surface area (Å²) < 4.78 is 0. The number of anilines is 1. The summed E-state index contributed by atoms with van der Waals surface area (Å²) in [6, 6.07) is 12.6. The predicted octanol–water partition coefficient (Wildman–Crippen LogP) is 4.84. The van der Waals surface area contributed by atoms with Gasteiger partial charge in [-0.1, -0.05) is 29.0 Å². The Hall–Kier alpha value is -2.20. The van der Waals surface area contributed by atoms with Crippen LogP contribution in [0, 0.1) is 11.3 Å². The molecule has 1 amide bonds. The molecule has 0 spiro atoms. The normalized spacial score (nSPS) is 10.3. The molecule has 0 aliphatic rings. The second kappa shape index (κ2) is 6.92. The van der Waals surface area contributed by atoms with Crippen molar-refractivity contribution in [1.82, 2.24) is 4.98 Å². The number of thiophene rings is 1. The molecule has 0 bridgehead atoms. The van der Waals surface area contributed by atoms with E-state index in [2.05, 4.69) is 16.4 Å². The van der Waals surface area contributed by atoms with Gasteiger partial charge in [0, 0.05) is 10.6 Å². The molecule has 0 saturated heterocycles. The first-order valence-electron chi connectivity index (χ1n) is 6.65. The fourth-order valence-corrected chi connectivity index (χ4v) is 3.77. The van der Waals surface area contributed by atoms with E-state index in [1.165, 1.54) is 22.7 Å². The van der Waals surface area contributed by atoms with E-state index in [9.17, 15) is 4.79 Å². The molecule has 1 aromatic carbocycles. The standard InChI is InChI=1S/C16H10ClN3OS2/c17-11-5-3-10(4-6-11)15(21)20-16-14(12-2-1-9-22-12)19-13(23-16)7-8-18/h1-6,9H,7H2,(H,20,21). The average Bonchev–Trinajstić information content (AvgIpc) is 3.18. The second-order valence-corrected chi connectivity index (χ2v) is 7.03. The lowest BCUT2D eigenvalue weighted by molar-refractivity contribution is 0.102. The van der Waals surface area contributed by atoms with Gasteiger partial charge in [-0.25, -0.2) is 4.98 Å². The Bertz CT molecular complexity index is 864. The van der Waals surface area contributed by atoms with Crippen LogP contribution in [-0.2, 0) is 6.42 Å². The van der Waals surface area contributed by atoms with Crippen LogP contribution in [0.4, 0.5) is 5.00 Å². The Labute approximate surface area is 146 Å². The Morgan fingerprint density at radius 2 is 2.09 bits per heavy atom. The molecule has 0 radical (unpaired) electrons. The largest absolute Gasteiger partial charge is 0.312 e. The van der Waals surface area contributed by atoms with Crippen molar-refractivity contribution < 1.29 is 4.79 Å². The summed E-state index contributed by atoms with van der Waals surface area (Å²) in [6.45, 7) is 0. The molecular formula is C16H10ClN3OS2. The van der Waals surface area contributed by atoms with Crippen LogP contribution in [-0.4, -0.2) is 10.9 Å². The van der Waals surface area contributed by atoms with E-state index in [1.807, 2.05) is 17.5 Å². The third-order valence-corrected chi connectivity index (χ3v) is 5.09. The Morgan fingerprint density at radius 3 is 2.74 bits per heavy atom. The van der Waals surface area contributed by atoms with Gasteiger partial charge in [0.2, 0.25) is 0 Å². The summed E-state index contributed by atoms with van der Waals surface area (Å²) in [5, 5.41) is 15.6. The van der Waals surface area contributed by atoms with Gasteiger partial charge in [0.05, 0.1) is 17.4 Å². The zero-order chi connectivity index (χ0) is 16.2. The molecule has 0 aliphatic carbocycles. The van der Waals surface area contributed by atoms with Crippen LogP contribution in [0.1, 0.15) is 15.4 Å². The number of nitrogens with zero attached hydrogens (tertiary/aromatic N) is 2. The molecule has 0 saturated carbocycles. The first-order valence-corrected chi connectivity index (χ1v) is 8.72. The van der Waals surface area contributed by atoms with E-state index in [-0.39, 0.29) is 12.3 Å². The first-order chi connectivity index (χ1) is 11.2. The van der Waals surface area contributed by atoms with Crippen LogP contribution in [0.25, 0.3) is 10.6 Å². The molecule has 114 valence electrons. The number of nitriles is 1. The van der Waals surface area contributed by atoms with Gasteiger partial charge in [-0.05, 0) is 35.7 Å². The first kappa shape index (κ1) is 15.7. The van der Waals surface area contributed by atoms with E-state index >= 15 is 0 Å². The smallest absolute Gasteiger partial charge is 0.256 e. The molecule has 0 unspecified atom stereocenters. The number of thiazole rings is 1. The van der Waals surface area contributed by atoms with E-state index < -0.39 is 0 Å². The highest BCUT2D eigenvalue weighted by molar-refractivity contribution is 7.18.